The second kappa shape index (κ2) is 7.92. The van der Waals surface area contributed by atoms with E-state index in [-0.39, 0.29) is 23.2 Å². The summed E-state index contributed by atoms with van der Waals surface area (Å²) in [7, 11) is 0. The number of nitrogens with zero attached hydrogens (tertiary/aromatic N) is 2. The van der Waals surface area contributed by atoms with E-state index in [2.05, 4.69) is 5.32 Å². The van der Waals surface area contributed by atoms with Crippen LogP contribution in [0.15, 0.2) is 30.0 Å². The number of carbonyl (C=O) groups is 2. The van der Waals surface area contributed by atoms with Crippen molar-refractivity contribution in [3.63, 3.8) is 0 Å². The summed E-state index contributed by atoms with van der Waals surface area (Å²) in [6.45, 7) is 5.97. The number of nitrogens with one attached hydrogen (secondary N) is 1. The third-order valence-electron chi connectivity index (χ3n) is 2.98. The van der Waals surface area contributed by atoms with Crippen molar-refractivity contribution < 1.29 is 14.5 Å². The smallest absolute Gasteiger partial charge is 0.270 e. The number of likely N-dealkylation sites (N-methyl/N-ethyl adjacent to an activating group) is 1. The number of non-ortho nitro benzene ring substituents is 1. The van der Waals surface area contributed by atoms with Crippen molar-refractivity contribution in [2.24, 2.45) is 0 Å². The van der Waals surface area contributed by atoms with Crippen molar-refractivity contribution in [1.29, 1.82) is 0 Å². The van der Waals surface area contributed by atoms with Gasteiger partial charge in [0.15, 0.2) is 0 Å². The van der Waals surface area contributed by atoms with E-state index in [1.54, 1.807) is 11.0 Å². The highest BCUT2D eigenvalue weighted by atomic mass is 16.6. The van der Waals surface area contributed by atoms with Crippen molar-refractivity contribution in [3.05, 3.63) is 45.6 Å². The fraction of sp³-hybridized carbons (Fsp3) is 0.333. The summed E-state index contributed by atoms with van der Waals surface area (Å²) in [5.74, 6) is -0.705. The fourth-order valence-corrected chi connectivity index (χ4v) is 1.92. The van der Waals surface area contributed by atoms with Gasteiger partial charge in [0.1, 0.15) is 5.70 Å². The number of rotatable bonds is 6. The van der Waals surface area contributed by atoms with Crippen LogP contribution in [-0.2, 0) is 9.59 Å². The summed E-state index contributed by atoms with van der Waals surface area (Å²) in [5, 5.41) is 13.3. The van der Waals surface area contributed by atoms with Crippen molar-refractivity contribution in [3.8, 4) is 0 Å². The van der Waals surface area contributed by atoms with Crippen LogP contribution in [-0.4, -0.2) is 34.7 Å². The number of hydrogen-bond acceptors (Lipinski definition) is 4. The lowest BCUT2D eigenvalue weighted by atomic mass is 10.1. The molecular weight excluding hydrogens is 286 g/mol. The molecule has 22 heavy (non-hydrogen) atoms. The molecule has 0 spiro atoms. The van der Waals surface area contributed by atoms with Crippen LogP contribution >= 0.6 is 0 Å². The minimum Gasteiger partial charge on any atom is -0.338 e. The monoisotopic (exact) mass is 305 g/mol. The molecule has 7 nitrogen and oxygen atoms in total. The van der Waals surface area contributed by atoms with Crippen LogP contribution in [0.3, 0.4) is 0 Å². The van der Waals surface area contributed by atoms with Crippen LogP contribution < -0.4 is 5.32 Å². The van der Waals surface area contributed by atoms with E-state index >= 15 is 0 Å². The first kappa shape index (κ1) is 17.4. The standard InChI is InChI=1S/C15H19N3O4/c1-4-17(5-2)15(20)14(16-11(3)19)10-12-7-6-8-13(9-12)18(21)22/h6-10H,4-5H2,1-3H3,(H,16,19). The maximum Gasteiger partial charge on any atom is 0.270 e. The Kier molecular flexibility index (Phi) is 6.25. The van der Waals surface area contributed by atoms with Crippen LogP contribution in [0, 0.1) is 10.1 Å². The van der Waals surface area contributed by atoms with Crippen LogP contribution in [0.2, 0.25) is 0 Å². The number of nitro groups is 1. The van der Waals surface area contributed by atoms with Crippen LogP contribution in [0.25, 0.3) is 6.08 Å². The van der Waals surface area contributed by atoms with Gasteiger partial charge in [0.2, 0.25) is 5.91 Å². The van der Waals surface area contributed by atoms with Gasteiger partial charge in [-0.2, -0.15) is 0 Å². The quantitative estimate of drug-likeness (QED) is 0.494. The molecule has 0 radical (unpaired) electrons. The molecule has 1 aromatic carbocycles. The Balaban J connectivity index is 3.20. The minimum atomic E-state index is -0.512. The molecule has 0 aliphatic rings. The molecule has 0 unspecified atom stereocenters. The highest BCUT2D eigenvalue weighted by Gasteiger charge is 2.17. The van der Waals surface area contributed by atoms with E-state index in [4.69, 9.17) is 0 Å². The molecule has 0 aliphatic heterocycles. The van der Waals surface area contributed by atoms with E-state index in [1.807, 2.05) is 13.8 Å². The highest BCUT2D eigenvalue weighted by Crippen LogP contribution is 2.16. The summed E-state index contributed by atoms with van der Waals surface area (Å²) in [4.78, 5) is 35.5. The molecule has 1 rings (SSSR count). The Morgan fingerprint density at radius 3 is 2.45 bits per heavy atom. The second-order valence-corrected chi connectivity index (χ2v) is 4.57. The normalized spacial score (nSPS) is 11.0. The largest absolute Gasteiger partial charge is 0.338 e. The van der Waals surface area contributed by atoms with Gasteiger partial charge in [0, 0.05) is 32.1 Å². The zero-order valence-corrected chi connectivity index (χ0v) is 12.8. The van der Waals surface area contributed by atoms with E-state index < -0.39 is 4.92 Å². The number of benzene rings is 1. The third kappa shape index (κ3) is 4.69. The Morgan fingerprint density at radius 2 is 1.95 bits per heavy atom. The molecule has 7 heteroatoms. The third-order valence-corrected chi connectivity index (χ3v) is 2.98. The average Bonchev–Trinajstić information content (AvgIpc) is 2.47. The van der Waals surface area contributed by atoms with Gasteiger partial charge in [0.25, 0.3) is 11.6 Å². The molecule has 0 heterocycles. The summed E-state index contributed by atoms with van der Waals surface area (Å²) in [6.07, 6.45) is 1.44. The SMILES string of the molecule is CCN(CC)C(=O)C(=Cc1cccc([N+](=O)[O-])c1)NC(C)=O. The molecular formula is C15H19N3O4. The zero-order chi connectivity index (χ0) is 16.7. The van der Waals surface area contributed by atoms with Crippen molar-refractivity contribution in [1.82, 2.24) is 10.2 Å². The maximum atomic E-state index is 12.4. The predicted molar refractivity (Wildman–Crippen MR) is 82.8 cm³/mol. The Morgan fingerprint density at radius 1 is 1.32 bits per heavy atom. The Labute approximate surface area is 128 Å². The van der Waals surface area contributed by atoms with E-state index in [9.17, 15) is 19.7 Å². The van der Waals surface area contributed by atoms with Crippen LogP contribution in [0.4, 0.5) is 5.69 Å². The average molecular weight is 305 g/mol. The topological polar surface area (TPSA) is 92.6 Å². The summed E-state index contributed by atoms with van der Waals surface area (Å²) in [6, 6.07) is 5.86. The van der Waals surface area contributed by atoms with Gasteiger partial charge in [-0.25, -0.2) is 0 Å². The molecule has 0 aromatic heterocycles. The molecule has 118 valence electrons. The van der Waals surface area contributed by atoms with Crippen LogP contribution in [0.5, 0.6) is 0 Å². The molecule has 2 amide bonds. The molecule has 1 aromatic rings. The van der Waals surface area contributed by atoms with Gasteiger partial charge < -0.3 is 10.2 Å². The molecule has 0 saturated heterocycles. The highest BCUT2D eigenvalue weighted by molar-refractivity contribution is 6.00. The lowest BCUT2D eigenvalue weighted by molar-refractivity contribution is -0.384. The first-order valence-electron chi connectivity index (χ1n) is 6.92. The molecule has 0 saturated carbocycles. The first-order valence-corrected chi connectivity index (χ1v) is 6.92. The van der Waals surface area contributed by atoms with Gasteiger partial charge in [-0.05, 0) is 25.5 Å². The lowest BCUT2D eigenvalue weighted by Crippen LogP contribution is -2.37. The van der Waals surface area contributed by atoms with Gasteiger partial charge in [-0.15, -0.1) is 0 Å². The zero-order valence-electron chi connectivity index (χ0n) is 12.8. The molecule has 0 atom stereocenters. The molecule has 0 aliphatic carbocycles. The Bertz CT molecular complexity index is 607. The summed E-state index contributed by atoms with van der Waals surface area (Å²) in [5.41, 5.74) is 0.487. The van der Waals surface area contributed by atoms with Gasteiger partial charge in [-0.1, -0.05) is 12.1 Å². The summed E-state index contributed by atoms with van der Waals surface area (Å²) >= 11 is 0. The maximum absolute atomic E-state index is 12.4. The van der Waals surface area contributed by atoms with E-state index in [1.165, 1.54) is 31.2 Å². The number of hydrogen-bond donors (Lipinski definition) is 1. The van der Waals surface area contributed by atoms with Crippen molar-refractivity contribution in [2.75, 3.05) is 13.1 Å². The van der Waals surface area contributed by atoms with E-state index in [0.29, 0.717) is 18.7 Å². The number of carbonyl (C=O) groups excluding carboxylic acids is 2. The Hall–Kier alpha value is -2.70. The predicted octanol–water partition coefficient (Wildman–Crippen LogP) is 1.94. The molecule has 0 bridgehead atoms. The lowest BCUT2D eigenvalue weighted by Gasteiger charge is -2.20. The van der Waals surface area contributed by atoms with Crippen LogP contribution in [0.1, 0.15) is 26.3 Å². The number of amides is 2. The number of nitro benzene ring substituents is 1. The minimum absolute atomic E-state index is 0.0776. The van der Waals surface area contributed by atoms with Crippen molar-refractivity contribution >= 4 is 23.6 Å². The van der Waals surface area contributed by atoms with Gasteiger partial charge >= 0.3 is 0 Å². The summed E-state index contributed by atoms with van der Waals surface area (Å²) < 4.78 is 0. The van der Waals surface area contributed by atoms with Gasteiger partial charge in [-0.3, -0.25) is 19.7 Å². The van der Waals surface area contributed by atoms with Crippen molar-refractivity contribution in [2.45, 2.75) is 20.8 Å². The second-order valence-electron chi connectivity index (χ2n) is 4.57. The fourth-order valence-electron chi connectivity index (χ4n) is 1.92. The molecule has 0 fully saturated rings. The first-order chi connectivity index (χ1) is 10.4. The van der Waals surface area contributed by atoms with E-state index in [0.717, 1.165) is 0 Å². The molecule has 1 N–H and O–H groups in total. The van der Waals surface area contributed by atoms with Gasteiger partial charge in [0.05, 0.1) is 4.92 Å².